The Labute approximate surface area is 245 Å². The fraction of sp³-hybridized carbons (Fsp3) is 0.357. The van der Waals surface area contributed by atoms with Crippen molar-refractivity contribution in [1.29, 1.82) is 0 Å². The molecule has 0 aliphatic carbocycles. The maximum atomic E-state index is 12.6. The van der Waals surface area contributed by atoms with Crippen LogP contribution in [0.2, 0.25) is 0 Å². The summed E-state index contributed by atoms with van der Waals surface area (Å²) in [6.45, 7) is 7.49. The normalized spacial score (nSPS) is 15.6. The summed E-state index contributed by atoms with van der Waals surface area (Å²) in [5.74, 6) is 1.62. The van der Waals surface area contributed by atoms with Crippen molar-refractivity contribution >= 4 is 48.7 Å². The maximum absolute atomic E-state index is 12.6. The lowest BCUT2D eigenvalue weighted by atomic mass is 10.2. The lowest BCUT2D eigenvalue weighted by Crippen LogP contribution is -2.43. The number of halogens is 1. The molecule has 0 radical (unpaired) electrons. The number of anilines is 4. The zero-order chi connectivity index (χ0) is 28.5. The van der Waals surface area contributed by atoms with Gasteiger partial charge in [0.05, 0.1) is 36.2 Å². The molecular formula is C28H37BrN6O4S. The van der Waals surface area contributed by atoms with E-state index in [9.17, 15) is 8.42 Å². The van der Waals surface area contributed by atoms with Crippen molar-refractivity contribution in [2.75, 3.05) is 86.8 Å². The second-order valence-electron chi connectivity index (χ2n) is 9.35. The van der Waals surface area contributed by atoms with Gasteiger partial charge in [-0.15, -0.1) is 0 Å². The molecule has 12 heteroatoms. The van der Waals surface area contributed by atoms with Crippen molar-refractivity contribution < 1.29 is 17.9 Å². The average molecular weight is 634 g/mol. The first kappa shape index (κ1) is 29.8. The summed E-state index contributed by atoms with van der Waals surface area (Å²) >= 11 is 3.31. The molecule has 2 aliphatic rings. The van der Waals surface area contributed by atoms with Crippen LogP contribution in [-0.2, 0) is 10.0 Å². The highest BCUT2D eigenvalue weighted by atomic mass is 79.9. The van der Waals surface area contributed by atoms with E-state index in [4.69, 9.17) is 15.2 Å². The molecule has 40 heavy (non-hydrogen) atoms. The topological polar surface area (TPSA) is 121 Å². The number of rotatable bonds is 7. The minimum absolute atomic E-state index is 0.218. The van der Waals surface area contributed by atoms with Gasteiger partial charge in [-0.25, -0.2) is 8.42 Å². The van der Waals surface area contributed by atoms with Crippen molar-refractivity contribution in [3.8, 4) is 11.5 Å². The monoisotopic (exact) mass is 632 g/mol. The first-order chi connectivity index (χ1) is 19.3. The zero-order valence-corrected chi connectivity index (χ0v) is 25.2. The number of hydrogen-bond acceptors (Lipinski definition) is 9. The predicted octanol–water partition coefficient (Wildman–Crippen LogP) is 3.36. The summed E-state index contributed by atoms with van der Waals surface area (Å²) in [7, 11) is -0.330. The Bertz CT molecular complexity index is 1360. The van der Waals surface area contributed by atoms with E-state index in [1.165, 1.54) is 0 Å². The molecule has 2 aliphatic heterocycles. The van der Waals surface area contributed by atoms with Crippen LogP contribution in [0.5, 0.6) is 11.5 Å². The van der Waals surface area contributed by atoms with E-state index in [1.807, 2.05) is 24.3 Å². The largest absolute Gasteiger partial charge is 0.495 e. The van der Waals surface area contributed by atoms with Gasteiger partial charge in [-0.2, -0.15) is 0 Å². The van der Waals surface area contributed by atoms with E-state index in [1.54, 1.807) is 50.6 Å². The van der Waals surface area contributed by atoms with Gasteiger partial charge < -0.3 is 35.6 Å². The van der Waals surface area contributed by atoms with Crippen LogP contribution in [0.25, 0.3) is 0 Å². The van der Waals surface area contributed by atoms with Crippen LogP contribution in [0.15, 0.2) is 70.0 Å². The number of hydrogen-bond donors (Lipinski definition) is 4. The van der Waals surface area contributed by atoms with Gasteiger partial charge in [-0.1, -0.05) is 15.9 Å². The minimum Gasteiger partial charge on any atom is -0.495 e. The second-order valence-corrected chi connectivity index (χ2v) is 11.9. The van der Waals surface area contributed by atoms with Crippen molar-refractivity contribution in [3.63, 3.8) is 0 Å². The Morgan fingerprint density at radius 3 is 1.80 bits per heavy atom. The lowest BCUT2D eigenvalue weighted by molar-refractivity contribution is 0.413. The minimum atomic E-state index is -3.64. The third-order valence-corrected chi connectivity index (χ3v) is 8.60. The van der Waals surface area contributed by atoms with Crippen molar-refractivity contribution in [3.05, 3.63) is 65.1 Å². The first-order valence-corrected chi connectivity index (χ1v) is 15.4. The Morgan fingerprint density at radius 2 is 1.27 bits per heavy atom. The SMILES string of the molecule is COc1ccc(N)cc1N1CCNCC1.COc1ccc(NS(=O)(=O)c2ccc(Br)cc2)cc1N1CCNCC1. The maximum Gasteiger partial charge on any atom is 0.261 e. The second kappa shape index (κ2) is 13.9. The molecule has 0 amide bonds. The molecule has 2 saturated heterocycles. The molecule has 0 unspecified atom stereocenters. The highest BCUT2D eigenvalue weighted by molar-refractivity contribution is 9.10. The number of nitrogen functional groups attached to an aromatic ring is 1. The molecule has 2 fully saturated rings. The van der Waals surface area contributed by atoms with Crippen LogP contribution in [0.1, 0.15) is 0 Å². The van der Waals surface area contributed by atoms with E-state index in [-0.39, 0.29) is 4.90 Å². The molecule has 5 N–H and O–H groups in total. The third-order valence-electron chi connectivity index (χ3n) is 6.67. The summed E-state index contributed by atoms with van der Waals surface area (Å²) in [6.07, 6.45) is 0. The van der Waals surface area contributed by atoms with Crippen LogP contribution < -0.4 is 40.4 Å². The number of ether oxygens (including phenoxy) is 2. The van der Waals surface area contributed by atoms with Crippen molar-refractivity contribution in [1.82, 2.24) is 10.6 Å². The Morgan fingerprint density at radius 1 is 0.775 bits per heavy atom. The molecule has 10 nitrogen and oxygen atoms in total. The van der Waals surface area contributed by atoms with Crippen LogP contribution >= 0.6 is 15.9 Å². The van der Waals surface area contributed by atoms with Crippen LogP contribution in [0, 0.1) is 0 Å². The summed E-state index contributed by atoms with van der Waals surface area (Å²) in [5, 5.41) is 6.63. The number of sulfonamides is 1. The molecule has 0 spiro atoms. The van der Waals surface area contributed by atoms with Gasteiger partial charge in [0, 0.05) is 62.5 Å². The van der Waals surface area contributed by atoms with E-state index in [0.29, 0.717) is 5.69 Å². The Hall–Kier alpha value is -3.19. The summed E-state index contributed by atoms with van der Waals surface area (Å²) < 4.78 is 39.4. The van der Waals surface area contributed by atoms with Gasteiger partial charge in [0.15, 0.2) is 0 Å². The predicted molar refractivity (Wildman–Crippen MR) is 166 cm³/mol. The Kier molecular flexibility index (Phi) is 10.4. The van der Waals surface area contributed by atoms with Gasteiger partial charge in [-0.3, -0.25) is 4.72 Å². The number of methoxy groups -OCH3 is 2. The lowest BCUT2D eigenvalue weighted by Gasteiger charge is -2.31. The molecule has 0 aromatic heterocycles. The highest BCUT2D eigenvalue weighted by Gasteiger charge is 2.19. The molecule has 0 bridgehead atoms. The highest BCUT2D eigenvalue weighted by Crippen LogP contribution is 2.33. The smallest absolute Gasteiger partial charge is 0.261 e. The number of benzene rings is 3. The standard InChI is InChI=1S/C17H20BrN3O3S.C11H17N3O/c1-24-17-7-4-14(12-16(17)21-10-8-19-9-11-21)20-25(22,23)15-5-2-13(18)3-6-15;1-15-11-3-2-9(12)8-10(11)14-6-4-13-5-7-14/h2-7,12,19-20H,8-11H2,1H3;2-3,8,13H,4-7,12H2,1H3. The number of nitrogens with two attached hydrogens (primary N) is 1. The molecule has 3 aromatic carbocycles. The van der Waals surface area contributed by atoms with E-state index < -0.39 is 10.0 Å². The van der Waals surface area contributed by atoms with E-state index in [0.717, 1.165) is 85.4 Å². The quantitative estimate of drug-likeness (QED) is 0.291. The fourth-order valence-electron chi connectivity index (χ4n) is 4.59. The Balaban J connectivity index is 0.000000210. The number of nitrogens with one attached hydrogen (secondary N) is 3. The molecular weight excluding hydrogens is 596 g/mol. The molecule has 216 valence electrons. The van der Waals surface area contributed by atoms with Gasteiger partial charge in [0.2, 0.25) is 0 Å². The van der Waals surface area contributed by atoms with Gasteiger partial charge in [-0.05, 0) is 60.7 Å². The average Bonchev–Trinajstić information content (AvgIpc) is 2.98. The number of nitrogens with zero attached hydrogens (tertiary/aromatic N) is 2. The van der Waals surface area contributed by atoms with E-state index >= 15 is 0 Å². The molecule has 3 aromatic rings. The zero-order valence-electron chi connectivity index (χ0n) is 22.8. The van der Waals surface area contributed by atoms with Gasteiger partial charge in [0.1, 0.15) is 11.5 Å². The summed E-state index contributed by atoms with van der Waals surface area (Å²) in [4.78, 5) is 4.70. The van der Waals surface area contributed by atoms with E-state index in [2.05, 4.69) is 41.1 Å². The van der Waals surface area contributed by atoms with Crippen LogP contribution in [0.3, 0.4) is 0 Å². The molecule has 0 atom stereocenters. The van der Waals surface area contributed by atoms with Crippen molar-refractivity contribution in [2.45, 2.75) is 4.90 Å². The van der Waals surface area contributed by atoms with Gasteiger partial charge >= 0.3 is 0 Å². The molecule has 2 heterocycles. The number of piperazine rings is 2. The molecule has 5 rings (SSSR count). The first-order valence-electron chi connectivity index (χ1n) is 13.1. The summed E-state index contributed by atoms with van der Waals surface area (Å²) in [5.41, 5.74) is 9.07. The van der Waals surface area contributed by atoms with Crippen molar-refractivity contribution in [2.24, 2.45) is 0 Å². The van der Waals surface area contributed by atoms with Crippen LogP contribution in [-0.4, -0.2) is 75.0 Å². The molecule has 0 saturated carbocycles. The summed E-state index contributed by atoms with van der Waals surface area (Å²) in [6, 6.07) is 17.6. The van der Waals surface area contributed by atoms with Crippen LogP contribution in [0.4, 0.5) is 22.7 Å². The third kappa shape index (κ3) is 7.72. The van der Waals surface area contributed by atoms with Gasteiger partial charge in [0.25, 0.3) is 10.0 Å². The fourth-order valence-corrected chi connectivity index (χ4v) is 5.91.